The van der Waals surface area contributed by atoms with Crippen LogP contribution >= 0.6 is 15.9 Å². The van der Waals surface area contributed by atoms with Crippen LogP contribution < -0.4 is 5.32 Å². The van der Waals surface area contributed by atoms with E-state index in [1.54, 1.807) is 24.3 Å². The highest BCUT2D eigenvalue weighted by molar-refractivity contribution is 9.08. The van der Waals surface area contributed by atoms with Gasteiger partial charge in [-0.2, -0.15) is 4.39 Å². The fourth-order valence-electron chi connectivity index (χ4n) is 1.63. The van der Waals surface area contributed by atoms with Gasteiger partial charge in [-0.15, -0.1) is 0 Å². The maximum atomic E-state index is 13.6. The predicted octanol–water partition coefficient (Wildman–Crippen LogP) is 3.96. The lowest BCUT2D eigenvalue weighted by Crippen LogP contribution is -2.15. The van der Waals surface area contributed by atoms with Crippen molar-refractivity contribution in [2.24, 2.45) is 0 Å². The van der Waals surface area contributed by atoms with E-state index in [1.807, 2.05) is 0 Å². The molecule has 0 aliphatic rings. The molecular formula is C14H9BrF3NO2. The topological polar surface area (TPSA) is 49.3 Å². The molecule has 0 bridgehead atoms. The molecule has 21 heavy (non-hydrogen) atoms. The number of hydrogen-bond acceptors (Lipinski definition) is 2. The van der Waals surface area contributed by atoms with Gasteiger partial charge in [0.2, 0.25) is 5.82 Å². The van der Waals surface area contributed by atoms with Crippen LogP contribution in [0.1, 0.15) is 15.9 Å². The number of rotatable bonds is 3. The van der Waals surface area contributed by atoms with Crippen molar-refractivity contribution >= 4 is 27.5 Å². The second kappa shape index (κ2) is 6.17. The van der Waals surface area contributed by atoms with E-state index >= 15 is 0 Å². The lowest BCUT2D eigenvalue weighted by atomic mass is 10.1. The number of alkyl halides is 1. The van der Waals surface area contributed by atoms with Crippen LogP contribution in [0.4, 0.5) is 18.9 Å². The van der Waals surface area contributed by atoms with Gasteiger partial charge >= 0.3 is 0 Å². The number of hydrogen-bond donors (Lipinski definition) is 2. The monoisotopic (exact) mass is 359 g/mol. The van der Waals surface area contributed by atoms with Crippen molar-refractivity contribution in [1.82, 2.24) is 0 Å². The zero-order valence-electron chi connectivity index (χ0n) is 10.5. The van der Waals surface area contributed by atoms with Crippen molar-refractivity contribution in [2.75, 3.05) is 5.32 Å². The molecule has 0 aliphatic carbocycles. The SMILES string of the molecule is O=C(Nc1ccc(CBr)cc1)c1cc(F)c(F)c(O)c1F. The Bertz CT molecular complexity index is 690. The molecule has 2 aromatic rings. The summed E-state index contributed by atoms with van der Waals surface area (Å²) in [4.78, 5) is 11.8. The number of aromatic hydroxyl groups is 1. The number of benzene rings is 2. The Kier molecular flexibility index (Phi) is 4.52. The number of anilines is 1. The molecule has 0 unspecified atom stereocenters. The number of halogens is 4. The molecule has 2 N–H and O–H groups in total. The van der Waals surface area contributed by atoms with E-state index in [1.165, 1.54) is 0 Å². The Balaban J connectivity index is 2.28. The standard InChI is InChI=1S/C14H9BrF3NO2/c15-6-7-1-3-8(4-2-7)19-14(21)9-5-10(16)12(18)13(20)11(9)17/h1-5,20H,6H2,(H,19,21). The second-order valence-corrected chi connectivity index (χ2v) is 4.73. The lowest BCUT2D eigenvalue weighted by Gasteiger charge is -2.08. The zero-order valence-corrected chi connectivity index (χ0v) is 12.0. The molecule has 2 rings (SSSR count). The van der Waals surface area contributed by atoms with Crippen molar-refractivity contribution in [3.05, 3.63) is 58.9 Å². The first-order valence-electron chi connectivity index (χ1n) is 5.76. The summed E-state index contributed by atoms with van der Waals surface area (Å²) in [6.07, 6.45) is 0. The Labute approximate surface area is 126 Å². The molecule has 1 amide bonds. The summed E-state index contributed by atoms with van der Waals surface area (Å²) >= 11 is 3.26. The van der Waals surface area contributed by atoms with Gasteiger partial charge in [0.15, 0.2) is 17.4 Å². The first kappa shape index (κ1) is 15.4. The average Bonchev–Trinajstić information content (AvgIpc) is 2.49. The molecule has 2 aromatic carbocycles. The molecule has 0 spiro atoms. The van der Waals surface area contributed by atoms with Crippen molar-refractivity contribution in [1.29, 1.82) is 0 Å². The second-order valence-electron chi connectivity index (χ2n) is 4.17. The highest BCUT2D eigenvalue weighted by atomic mass is 79.9. The number of carbonyl (C=O) groups is 1. The van der Waals surface area contributed by atoms with Gasteiger partial charge in [-0.3, -0.25) is 4.79 Å². The van der Waals surface area contributed by atoms with E-state index < -0.39 is 34.7 Å². The number of amides is 1. The van der Waals surface area contributed by atoms with Crippen LogP contribution in [0.3, 0.4) is 0 Å². The highest BCUT2D eigenvalue weighted by Gasteiger charge is 2.22. The van der Waals surface area contributed by atoms with Gasteiger partial charge < -0.3 is 10.4 Å². The van der Waals surface area contributed by atoms with Crippen LogP contribution in [0.2, 0.25) is 0 Å². The normalized spacial score (nSPS) is 10.5. The van der Waals surface area contributed by atoms with Crippen LogP contribution in [0.25, 0.3) is 0 Å². The molecule has 0 saturated heterocycles. The van der Waals surface area contributed by atoms with Gasteiger partial charge in [0.25, 0.3) is 5.91 Å². The quantitative estimate of drug-likeness (QED) is 0.643. The van der Waals surface area contributed by atoms with Crippen LogP contribution in [-0.2, 0) is 5.33 Å². The number of nitrogens with one attached hydrogen (secondary N) is 1. The molecule has 0 aliphatic heterocycles. The minimum absolute atomic E-state index is 0.355. The molecule has 0 atom stereocenters. The third-order valence-corrected chi connectivity index (χ3v) is 3.39. The Morgan fingerprint density at radius 2 is 1.76 bits per heavy atom. The number of phenols is 1. The van der Waals surface area contributed by atoms with E-state index in [9.17, 15) is 18.0 Å². The average molecular weight is 360 g/mol. The van der Waals surface area contributed by atoms with Gasteiger partial charge in [-0.1, -0.05) is 28.1 Å². The van der Waals surface area contributed by atoms with E-state index in [-0.39, 0.29) is 0 Å². The van der Waals surface area contributed by atoms with E-state index in [2.05, 4.69) is 21.2 Å². The summed E-state index contributed by atoms with van der Waals surface area (Å²) < 4.78 is 39.7. The Morgan fingerprint density at radius 3 is 2.33 bits per heavy atom. The summed E-state index contributed by atoms with van der Waals surface area (Å²) in [5.41, 5.74) is 0.536. The van der Waals surface area contributed by atoms with Gasteiger partial charge in [-0.25, -0.2) is 8.78 Å². The summed E-state index contributed by atoms with van der Waals surface area (Å²) in [5, 5.41) is 12.0. The first-order chi connectivity index (χ1) is 9.93. The lowest BCUT2D eigenvalue weighted by molar-refractivity contribution is 0.102. The zero-order chi connectivity index (χ0) is 15.6. The fraction of sp³-hybridized carbons (Fsp3) is 0.0714. The number of phenolic OH excluding ortho intramolecular Hbond substituents is 1. The summed E-state index contributed by atoms with van der Waals surface area (Å²) in [6.45, 7) is 0. The molecule has 0 radical (unpaired) electrons. The van der Waals surface area contributed by atoms with Gasteiger partial charge in [0, 0.05) is 11.0 Å². The molecule has 0 saturated carbocycles. The van der Waals surface area contributed by atoms with Crippen LogP contribution in [0, 0.1) is 17.5 Å². The number of carbonyl (C=O) groups excluding carboxylic acids is 1. The molecule has 0 fully saturated rings. The maximum Gasteiger partial charge on any atom is 0.258 e. The molecular weight excluding hydrogens is 351 g/mol. The predicted molar refractivity (Wildman–Crippen MR) is 75.0 cm³/mol. The smallest absolute Gasteiger partial charge is 0.258 e. The van der Waals surface area contributed by atoms with Crippen LogP contribution in [-0.4, -0.2) is 11.0 Å². The molecule has 3 nitrogen and oxygen atoms in total. The van der Waals surface area contributed by atoms with Gasteiger partial charge in [-0.05, 0) is 23.8 Å². The minimum atomic E-state index is -1.73. The summed E-state index contributed by atoms with van der Waals surface area (Å²) in [7, 11) is 0. The fourth-order valence-corrected chi connectivity index (χ4v) is 2.01. The summed E-state index contributed by atoms with van der Waals surface area (Å²) in [6, 6.07) is 7.00. The summed E-state index contributed by atoms with van der Waals surface area (Å²) in [5.74, 6) is -7.26. The van der Waals surface area contributed by atoms with Crippen LogP contribution in [0.15, 0.2) is 30.3 Å². The van der Waals surface area contributed by atoms with Crippen LogP contribution in [0.5, 0.6) is 5.75 Å². The van der Waals surface area contributed by atoms with E-state index in [0.717, 1.165) is 5.56 Å². The van der Waals surface area contributed by atoms with Crippen molar-refractivity contribution in [3.8, 4) is 5.75 Å². The molecule has 0 heterocycles. The van der Waals surface area contributed by atoms with Crippen molar-refractivity contribution in [2.45, 2.75) is 5.33 Å². The van der Waals surface area contributed by atoms with E-state index in [4.69, 9.17) is 5.11 Å². The van der Waals surface area contributed by atoms with Crippen molar-refractivity contribution < 1.29 is 23.1 Å². The molecule has 0 aromatic heterocycles. The largest absolute Gasteiger partial charge is 0.503 e. The Hall–Kier alpha value is -2.02. The maximum absolute atomic E-state index is 13.6. The van der Waals surface area contributed by atoms with Gasteiger partial charge in [0.05, 0.1) is 5.56 Å². The third-order valence-electron chi connectivity index (χ3n) is 2.74. The van der Waals surface area contributed by atoms with Crippen molar-refractivity contribution in [3.63, 3.8) is 0 Å². The molecule has 7 heteroatoms. The molecule has 110 valence electrons. The van der Waals surface area contributed by atoms with Gasteiger partial charge in [0.1, 0.15) is 0 Å². The minimum Gasteiger partial charge on any atom is -0.503 e. The third kappa shape index (κ3) is 3.18. The van der Waals surface area contributed by atoms with E-state index in [0.29, 0.717) is 17.1 Å². The Morgan fingerprint density at radius 1 is 1.14 bits per heavy atom. The first-order valence-corrected chi connectivity index (χ1v) is 6.89. The highest BCUT2D eigenvalue weighted by Crippen LogP contribution is 2.26.